The van der Waals surface area contributed by atoms with Crippen LogP contribution >= 0.6 is 0 Å². The van der Waals surface area contributed by atoms with Crippen LogP contribution in [0.4, 0.5) is 27.6 Å². The van der Waals surface area contributed by atoms with E-state index in [0.29, 0.717) is 38.1 Å². The van der Waals surface area contributed by atoms with Crippen LogP contribution in [0.2, 0.25) is 0 Å². The largest absolute Gasteiger partial charge is 0.502 e. The number of phenols is 1. The van der Waals surface area contributed by atoms with Crippen molar-refractivity contribution in [1.29, 1.82) is 0 Å². The normalized spacial score (nSPS) is 22.2. The molecule has 0 radical (unpaired) electrons. The number of phenolic OH excluding ortho intramolecular Hbond substituents is 1. The minimum atomic E-state index is -5.08. The van der Waals surface area contributed by atoms with Gasteiger partial charge in [0.25, 0.3) is 5.92 Å². The van der Waals surface area contributed by atoms with E-state index in [1.54, 1.807) is 4.90 Å². The summed E-state index contributed by atoms with van der Waals surface area (Å²) in [7, 11) is 1.53. The lowest BCUT2D eigenvalue weighted by Crippen LogP contribution is -2.61. The van der Waals surface area contributed by atoms with Crippen molar-refractivity contribution in [3.8, 4) is 5.75 Å². The van der Waals surface area contributed by atoms with Crippen LogP contribution in [-0.2, 0) is 20.9 Å². The second kappa shape index (κ2) is 11.3. The number of likely N-dealkylation sites (tertiary alicyclic amines) is 2. The Bertz CT molecular complexity index is 976. The van der Waals surface area contributed by atoms with Crippen molar-refractivity contribution < 1.29 is 51.4 Å². The van der Waals surface area contributed by atoms with Crippen LogP contribution in [0.5, 0.6) is 5.75 Å². The van der Waals surface area contributed by atoms with Crippen molar-refractivity contribution >= 4 is 17.6 Å². The van der Waals surface area contributed by atoms with Gasteiger partial charge in [-0.15, -0.1) is 0 Å². The lowest BCUT2D eigenvalue weighted by molar-refractivity contribution is -0.385. The lowest BCUT2D eigenvalue weighted by Gasteiger charge is -2.49. The van der Waals surface area contributed by atoms with Crippen LogP contribution in [0, 0.1) is 15.5 Å². The van der Waals surface area contributed by atoms with Gasteiger partial charge in [-0.05, 0) is 24.5 Å². The monoisotopic (exact) mass is 527 g/mol. The number of nitro benzene ring substituents is 1. The molecule has 0 aliphatic carbocycles. The molecule has 0 saturated carbocycles. The van der Waals surface area contributed by atoms with E-state index in [4.69, 9.17) is 14.6 Å². The molecule has 0 aromatic heterocycles. The fraction of sp³-hybridized carbons (Fsp3) is 0.619. The molecular weight excluding hydrogens is 501 g/mol. The maximum Gasteiger partial charge on any atom is 0.490 e. The second-order valence-electron chi connectivity index (χ2n) is 8.73. The summed E-state index contributed by atoms with van der Waals surface area (Å²) in [5, 5.41) is 27.8. The molecule has 3 rings (SSSR count). The predicted molar refractivity (Wildman–Crippen MR) is 113 cm³/mol. The maximum atomic E-state index is 14.6. The van der Waals surface area contributed by atoms with Crippen LogP contribution in [0.3, 0.4) is 0 Å². The third-order valence-corrected chi connectivity index (χ3v) is 5.85. The lowest BCUT2D eigenvalue weighted by atomic mass is 9.71. The SMILES string of the molecule is COCCN1CCCC2(CN(Cc3ccc([N+](=O)[O-])c(O)c3)CC(F)(F)C2)C1=O.O=C(O)C(F)(F)F. The summed E-state index contributed by atoms with van der Waals surface area (Å²) in [5.74, 6) is -6.56. The van der Waals surface area contributed by atoms with Gasteiger partial charge in [-0.25, -0.2) is 13.6 Å². The van der Waals surface area contributed by atoms with Crippen molar-refractivity contribution in [2.24, 2.45) is 5.41 Å². The van der Waals surface area contributed by atoms with E-state index in [-0.39, 0.29) is 19.0 Å². The average Bonchev–Trinajstić information content (AvgIpc) is 2.73. The molecule has 2 heterocycles. The zero-order chi connectivity index (χ0) is 27.3. The Labute approximate surface area is 202 Å². The van der Waals surface area contributed by atoms with E-state index in [1.807, 2.05) is 0 Å². The zero-order valence-corrected chi connectivity index (χ0v) is 19.3. The molecule has 0 bridgehead atoms. The Hall–Kier alpha value is -3.07. The molecule has 1 spiro atoms. The Kier molecular flexibility index (Phi) is 9.18. The Morgan fingerprint density at radius 2 is 1.92 bits per heavy atom. The highest BCUT2D eigenvalue weighted by atomic mass is 19.4. The number of piperidine rings is 2. The molecular formula is C21H26F5N3O7. The van der Waals surface area contributed by atoms with Crippen LogP contribution < -0.4 is 0 Å². The number of hydrogen-bond donors (Lipinski definition) is 2. The van der Waals surface area contributed by atoms with E-state index < -0.39 is 52.8 Å². The van der Waals surface area contributed by atoms with Crippen LogP contribution in [0.1, 0.15) is 24.8 Å². The van der Waals surface area contributed by atoms with E-state index >= 15 is 0 Å². The first-order chi connectivity index (χ1) is 16.6. The molecule has 1 aromatic rings. The highest BCUT2D eigenvalue weighted by Crippen LogP contribution is 2.45. The zero-order valence-electron chi connectivity index (χ0n) is 19.3. The number of nitrogens with zero attached hydrogens (tertiary/aromatic N) is 3. The number of carboxylic acid groups (broad SMARTS) is 1. The van der Waals surface area contributed by atoms with E-state index in [2.05, 4.69) is 0 Å². The van der Waals surface area contributed by atoms with Crippen molar-refractivity contribution in [2.75, 3.05) is 39.9 Å². The Morgan fingerprint density at radius 3 is 2.44 bits per heavy atom. The van der Waals surface area contributed by atoms with Gasteiger partial charge in [-0.3, -0.25) is 19.8 Å². The number of hydrogen-bond acceptors (Lipinski definition) is 7. The first-order valence-corrected chi connectivity index (χ1v) is 10.8. The van der Waals surface area contributed by atoms with Gasteiger partial charge in [0.2, 0.25) is 5.91 Å². The average molecular weight is 527 g/mol. The summed E-state index contributed by atoms with van der Waals surface area (Å²) in [6.45, 7) is 1.00. The molecule has 2 saturated heterocycles. The number of halogens is 5. The molecule has 2 fully saturated rings. The number of methoxy groups -OCH3 is 1. The molecule has 10 nitrogen and oxygen atoms in total. The number of benzene rings is 1. The van der Waals surface area contributed by atoms with Gasteiger partial charge in [0.1, 0.15) is 0 Å². The maximum absolute atomic E-state index is 14.6. The highest BCUT2D eigenvalue weighted by Gasteiger charge is 2.55. The molecule has 1 atom stereocenters. The van der Waals surface area contributed by atoms with Crippen molar-refractivity contribution in [2.45, 2.75) is 37.9 Å². The van der Waals surface area contributed by atoms with Crippen LogP contribution in [0.25, 0.3) is 0 Å². The summed E-state index contributed by atoms with van der Waals surface area (Å²) < 4.78 is 66.0. The molecule has 2 aliphatic rings. The number of aliphatic carboxylic acids is 1. The number of carbonyl (C=O) groups excluding carboxylic acids is 1. The molecule has 36 heavy (non-hydrogen) atoms. The molecule has 15 heteroatoms. The molecule has 202 valence electrons. The third-order valence-electron chi connectivity index (χ3n) is 5.85. The van der Waals surface area contributed by atoms with Gasteiger partial charge in [0.15, 0.2) is 5.75 Å². The minimum Gasteiger partial charge on any atom is -0.502 e. The number of rotatable bonds is 6. The standard InChI is InChI=1S/C19H25F2N3O5.C2HF3O2/c1-29-8-7-23-6-2-5-18(17(23)26)11-19(20,21)13-22(12-18)10-14-3-4-15(24(27)28)16(25)9-14;3-2(4,5)1(6)7/h3-4,9,25H,2,5-8,10-13H2,1H3;(H,6,7). The summed E-state index contributed by atoms with van der Waals surface area (Å²) in [6, 6.07) is 3.80. The summed E-state index contributed by atoms with van der Waals surface area (Å²) in [6.07, 6.45) is -4.52. The van der Waals surface area contributed by atoms with E-state index in [1.165, 1.54) is 24.1 Å². The number of carboxylic acids is 1. The van der Waals surface area contributed by atoms with Gasteiger partial charge >= 0.3 is 17.8 Å². The Balaban J connectivity index is 0.000000572. The van der Waals surface area contributed by atoms with Crippen LogP contribution in [-0.4, -0.2) is 88.8 Å². The third kappa shape index (κ3) is 7.46. The predicted octanol–water partition coefficient (Wildman–Crippen LogP) is 3.03. The number of nitro groups is 1. The number of carbonyl (C=O) groups is 2. The smallest absolute Gasteiger partial charge is 0.490 e. The summed E-state index contributed by atoms with van der Waals surface area (Å²) in [4.78, 5) is 35.2. The molecule has 2 aliphatic heterocycles. The Morgan fingerprint density at radius 1 is 1.28 bits per heavy atom. The quantitative estimate of drug-likeness (QED) is 0.328. The minimum absolute atomic E-state index is 0.0637. The molecule has 1 unspecified atom stereocenters. The molecule has 2 N–H and O–H groups in total. The van der Waals surface area contributed by atoms with Gasteiger partial charge in [0.05, 0.1) is 23.5 Å². The molecule has 1 aromatic carbocycles. The van der Waals surface area contributed by atoms with Crippen LogP contribution in [0.15, 0.2) is 18.2 Å². The number of amides is 1. The first kappa shape index (κ1) is 29.2. The second-order valence-corrected chi connectivity index (χ2v) is 8.73. The van der Waals surface area contributed by atoms with E-state index in [9.17, 15) is 42.0 Å². The molecule has 1 amide bonds. The van der Waals surface area contributed by atoms with Gasteiger partial charge in [-0.1, -0.05) is 6.07 Å². The number of alkyl halides is 5. The topological polar surface area (TPSA) is 133 Å². The van der Waals surface area contributed by atoms with Crippen molar-refractivity contribution in [3.05, 3.63) is 33.9 Å². The fourth-order valence-corrected chi connectivity index (χ4v) is 4.49. The van der Waals surface area contributed by atoms with Gasteiger partial charge in [-0.2, -0.15) is 13.2 Å². The first-order valence-electron chi connectivity index (χ1n) is 10.8. The van der Waals surface area contributed by atoms with Crippen molar-refractivity contribution in [1.82, 2.24) is 9.80 Å². The number of aromatic hydroxyl groups is 1. The van der Waals surface area contributed by atoms with E-state index in [0.717, 1.165) is 6.07 Å². The van der Waals surface area contributed by atoms with Crippen molar-refractivity contribution in [3.63, 3.8) is 0 Å². The number of ether oxygens (including phenoxy) is 1. The highest BCUT2D eigenvalue weighted by molar-refractivity contribution is 5.84. The summed E-state index contributed by atoms with van der Waals surface area (Å²) >= 11 is 0. The summed E-state index contributed by atoms with van der Waals surface area (Å²) in [5.41, 5.74) is -1.12. The fourth-order valence-electron chi connectivity index (χ4n) is 4.49. The van der Waals surface area contributed by atoms with Gasteiger partial charge in [0, 0.05) is 45.8 Å². The van der Waals surface area contributed by atoms with Gasteiger partial charge < -0.3 is 19.8 Å².